The Labute approximate surface area is 167 Å². The van der Waals surface area contributed by atoms with Gasteiger partial charge in [-0.1, -0.05) is 12.1 Å². The largest absolute Gasteiger partial charge is 0.381 e. The van der Waals surface area contributed by atoms with Gasteiger partial charge in [0.25, 0.3) is 0 Å². The van der Waals surface area contributed by atoms with Crippen LogP contribution >= 0.6 is 24.0 Å². The Hall–Kier alpha value is -0.930. The van der Waals surface area contributed by atoms with Gasteiger partial charge in [0.15, 0.2) is 5.96 Å². The van der Waals surface area contributed by atoms with Crippen LogP contribution in [0.2, 0.25) is 0 Å². The second-order valence-corrected chi connectivity index (χ2v) is 6.46. The summed E-state index contributed by atoms with van der Waals surface area (Å²) in [6.07, 6.45) is 2.77. The van der Waals surface area contributed by atoms with Crippen molar-refractivity contribution in [2.45, 2.75) is 24.8 Å². The first-order chi connectivity index (χ1) is 11.6. The quantitative estimate of drug-likeness (QED) is 0.386. The summed E-state index contributed by atoms with van der Waals surface area (Å²) in [5.74, 6) is 0.585. The maximum atomic E-state index is 13.2. The van der Waals surface area contributed by atoms with Gasteiger partial charge in [-0.15, -0.1) is 24.0 Å². The smallest absolute Gasteiger partial charge is 0.191 e. The molecule has 2 rings (SSSR count). The first-order valence-electron chi connectivity index (χ1n) is 8.50. The van der Waals surface area contributed by atoms with Crippen molar-refractivity contribution in [3.05, 3.63) is 35.6 Å². The molecule has 0 unspecified atom stereocenters. The van der Waals surface area contributed by atoms with E-state index >= 15 is 0 Å². The van der Waals surface area contributed by atoms with Gasteiger partial charge in [0.05, 0.1) is 0 Å². The zero-order valence-electron chi connectivity index (χ0n) is 15.3. The second kappa shape index (κ2) is 10.9. The van der Waals surface area contributed by atoms with Crippen molar-refractivity contribution in [3.8, 4) is 0 Å². The summed E-state index contributed by atoms with van der Waals surface area (Å²) in [7, 11) is 6.00. The molecule has 2 N–H and O–H groups in total. The van der Waals surface area contributed by atoms with Gasteiger partial charge in [-0.05, 0) is 51.1 Å². The van der Waals surface area contributed by atoms with Crippen LogP contribution in [-0.2, 0) is 11.2 Å². The fourth-order valence-electron chi connectivity index (χ4n) is 3.02. The number of benzene rings is 1. The molecule has 0 atom stereocenters. The van der Waals surface area contributed by atoms with E-state index in [1.54, 1.807) is 19.2 Å². The molecule has 1 saturated heterocycles. The number of halogens is 2. The third-order valence-corrected chi connectivity index (χ3v) is 4.78. The van der Waals surface area contributed by atoms with E-state index in [4.69, 9.17) is 4.74 Å². The van der Waals surface area contributed by atoms with E-state index in [0.717, 1.165) is 50.5 Å². The van der Waals surface area contributed by atoms with Crippen molar-refractivity contribution in [1.82, 2.24) is 15.5 Å². The molecule has 1 aliphatic rings. The molecule has 25 heavy (non-hydrogen) atoms. The number of rotatable bonds is 6. The lowest BCUT2D eigenvalue weighted by molar-refractivity contribution is -0.00501. The molecule has 0 spiro atoms. The summed E-state index contributed by atoms with van der Waals surface area (Å²) in [5, 5.41) is 6.73. The molecule has 0 saturated carbocycles. The van der Waals surface area contributed by atoms with Crippen LogP contribution in [0.15, 0.2) is 29.3 Å². The Morgan fingerprint density at radius 2 is 2.00 bits per heavy atom. The highest BCUT2D eigenvalue weighted by Gasteiger charge is 2.34. The molecule has 1 heterocycles. The molecule has 1 fully saturated rings. The van der Waals surface area contributed by atoms with Gasteiger partial charge in [-0.2, -0.15) is 0 Å². The monoisotopic (exact) mass is 464 g/mol. The van der Waals surface area contributed by atoms with Crippen molar-refractivity contribution in [1.29, 1.82) is 0 Å². The Morgan fingerprint density at radius 1 is 1.28 bits per heavy atom. The fourth-order valence-corrected chi connectivity index (χ4v) is 3.02. The number of nitrogens with one attached hydrogen (secondary N) is 2. The summed E-state index contributed by atoms with van der Waals surface area (Å²) < 4.78 is 18.7. The van der Waals surface area contributed by atoms with Crippen LogP contribution in [0, 0.1) is 5.82 Å². The predicted octanol–water partition coefficient (Wildman–Crippen LogP) is 2.26. The molecule has 5 nitrogen and oxygen atoms in total. The minimum Gasteiger partial charge on any atom is -0.381 e. The number of guanidine groups is 1. The van der Waals surface area contributed by atoms with Gasteiger partial charge in [-0.3, -0.25) is 4.99 Å². The summed E-state index contributed by atoms with van der Waals surface area (Å²) in [4.78, 5) is 6.56. The molecule has 142 valence electrons. The van der Waals surface area contributed by atoms with Gasteiger partial charge < -0.3 is 20.3 Å². The molecule has 0 radical (unpaired) electrons. The maximum absolute atomic E-state index is 13.2. The number of aliphatic imine (C=N–C) groups is 1. The Balaban J connectivity index is 0.00000312. The average Bonchev–Trinajstić information content (AvgIpc) is 2.58. The molecule has 7 heteroatoms. The maximum Gasteiger partial charge on any atom is 0.191 e. The summed E-state index contributed by atoms with van der Waals surface area (Å²) in [5.41, 5.74) is 1.07. The number of hydrogen-bond donors (Lipinski definition) is 2. The van der Waals surface area contributed by atoms with Crippen molar-refractivity contribution < 1.29 is 9.13 Å². The van der Waals surface area contributed by atoms with E-state index < -0.39 is 0 Å². The lowest BCUT2D eigenvalue weighted by Crippen LogP contribution is -2.57. The topological polar surface area (TPSA) is 48.9 Å². The van der Waals surface area contributed by atoms with Crippen LogP contribution in [0.5, 0.6) is 0 Å². The standard InChI is InChI=1S/C18H29FN4O.HI/c1-20-17(21-10-7-15-5-4-6-16(19)13-15)22-14-18(23(2)3)8-11-24-12-9-18;/h4-6,13H,7-12,14H2,1-3H3,(H2,20,21,22);1H. The molecule has 0 aliphatic carbocycles. The summed E-state index contributed by atoms with van der Waals surface area (Å²) >= 11 is 0. The van der Waals surface area contributed by atoms with Gasteiger partial charge >= 0.3 is 0 Å². The van der Waals surface area contributed by atoms with Crippen LogP contribution < -0.4 is 10.6 Å². The van der Waals surface area contributed by atoms with E-state index in [2.05, 4.69) is 34.6 Å². The number of likely N-dealkylation sites (N-methyl/N-ethyl adjacent to an activating group) is 1. The third kappa shape index (κ3) is 6.71. The molecule has 1 aromatic rings. The predicted molar refractivity (Wildman–Crippen MR) is 111 cm³/mol. The molecule has 0 amide bonds. The first kappa shape index (κ1) is 22.1. The average molecular weight is 464 g/mol. The van der Waals surface area contributed by atoms with Gasteiger partial charge in [0, 0.05) is 38.9 Å². The van der Waals surface area contributed by atoms with Crippen molar-refractivity contribution in [2.75, 3.05) is 47.4 Å². The first-order valence-corrected chi connectivity index (χ1v) is 8.50. The minimum absolute atomic E-state index is 0. The Bertz CT molecular complexity index is 548. The lowest BCUT2D eigenvalue weighted by Gasteiger charge is -2.43. The van der Waals surface area contributed by atoms with Gasteiger partial charge in [-0.25, -0.2) is 4.39 Å². The van der Waals surface area contributed by atoms with Gasteiger partial charge in [0.1, 0.15) is 5.82 Å². The zero-order valence-corrected chi connectivity index (χ0v) is 17.7. The van der Waals surface area contributed by atoms with Crippen LogP contribution in [-0.4, -0.2) is 63.8 Å². The second-order valence-electron chi connectivity index (χ2n) is 6.46. The Kier molecular flexibility index (Phi) is 9.66. The van der Waals surface area contributed by atoms with Crippen LogP contribution in [0.4, 0.5) is 4.39 Å². The summed E-state index contributed by atoms with van der Waals surface area (Å²) in [6.45, 7) is 3.13. The Morgan fingerprint density at radius 3 is 2.60 bits per heavy atom. The van der Waals surface area contributed by atoms with E-state index in [9.17, 15) is 4.39 Å². The number of nitrogens with zero attached hydrogens (tertiary/aromatic N) is 2. The molecular weight excluding hydrogens is 434 g/mol. The highest BCUT2D eigenvalue weighted by Crippen LogP contribution is 2.24. The minimum atomic E-state index is -0.192. The highest BCUT2D eigenvalue weighted by atomic mass is 127. The van der Waals surface area contributed by atoms with Crippen LogP contribution in [0.3, 0.4) is 0 Å². The van der Waals surface area contributed by atoms with E-state index in [-0.39, 0.29) is 35.3 Å². The third-order valence-electron chi connectivity index (χ3n) is 4.78. The van der Waals surface area contributed by atoms with Crippen LogP contribution in [0.1, 0.15) is 18.4 Å². The van der Waals surface area contributed by atoms with E-state index in [1.807, 2.05) is 6.07 Å². The van der Waals surface area contributed by atoms with Crippen LogP contribution in [0.25, 0.3) is 0 Å². The normalized spacial score (nSPS) is 17.1. The lowest BCUT2D eigenvalue weighted by atomic mass is 9.88. The molecular formula is C18H30FIN4O. The zero-order chi connectivity index (χ0) is 17.4. The van der Waals surface area contributed by atoms with Gasteiger partial charge in [0.2, 0.25) is 0 Å². The molecule has 0 bridgehead atoms. The SMILES string of the molecule is CN=C(NCCc1cccc(F)c1)NCC1(N(C)C)CCOCC1.I. The molecule has 0 aromatic heterocycles. The number of hydrogen-bond acceptors (Lipinski definition) is 3. The van der Waals surface area contributed by atoms with E-state index in [1.165, 1.54) is 6.07 Å². The van der Waals surface area contributed by atoms with Crippen molar-refractivity contribution in [2.24, 2.45) is 4.99 Å². The van der Waals surface area contributed by atoms with E-state index in [0.29, 0.717) is 6.54 Å². The summed E-state index contributed by atoms with van der Waals surface area (Å²) in [6, 6.07) is 6.71. The fraction of sp³-hybridized carbons (Fsp3) is 0.611. The van der Waals surface area contributed by atoms with Crippen molar-refractivity contribution in [3.63, 3.8) is 0 Å². The van der Waals surface area contributed by atoms with Crippen molar-refractivity contribution >= 4 is 29.9 Å². The molecule has 1 aromatic carbocycles. The highest BCUT2D eigenvalue weighted by molar-refractivity contribution is 14.0. The number of ether oxygens (including phenoxy) is 1. The molecule has 1 aliphatic heterocycles.